The Bertz CT molecular complexity index is 274. The molecule has 0 aliphatic carbocycles. The van der Waals surface area contributed by atoms with Crippen molar-refractivity contribution in [2.75, 3.05) is 26.4 Å². The highest BCUT2D eigenvalue weighted by atomic mass is 16.6. The van der Waals surface area contributed by atoms with E-state index in [9.17, 15) is 9.59 Å². The molecular formula is C12H20O8. The summed E-state index contributed by atoms with van der Waals surface area (Å²) in [6, 6.07) is 0. The van der Waals surface area contributed by atoms with Crippen molar-refractivity contribution in [2.24, 2.45) is 0 Å². The summed E-state index contributed by atoms with van der Waals surface area (Å²) in [4.78, 5) is 21.1. The van der Waals surface area contributed by atoms with Crippen LogP contribution in [0.5, 0.6) is 0 Å². The fraction of sp³-hybridized carbons (Fsp3) is 0.500. The molecule has 0 saturated heterocycles. The molecule has 0 aromatic heterocycles. The highest BCUT2D eigenvalue weighted by Gasteiger charge is 2.08. The highest BCUT2D eigenvalue weighted by Crippen LogP contribution is 1.90. The smallest absolute Gasteiger partial charge is 0.330 e. The van der Waals surface area contributed by atoms with Crippen LogP contribution in [0.2, 0.25) is 0 Å². The lowest BCUT2D eigenvalue weighted by molar-refractivity contribution is -0.146. The number of aliphatic hydroxyl groups excluding tert-OH is 4. The molecule has 0 bridgehead atoms. The average Bonchev–Trinajstić information content (AvgIpc) is 2.49. The lowest BCUT2D eigenvalue weighted by atomic mass is 10.4. The fourth-order valence-corrected chi connectivity index (χ4v) is 0.580. The van der Waals surface area contributed by atoms with Crippen molar-refractivity contribution >= 4 is 11.9 Å². The van der Waals surface area contributed by atoms with Gasteiger partial charge in [0, 0.05) is 12.2 Å². The Balaban J connectivity index is 0. The van der Waals surface area contributed by atoms with Gasteiger partial charge in [0.2, 0.25) is 0 Å². The van der Waals surface area contributed by atoms with Crippen LogP contribution in [-0.4, -0.2) is 71.0 Å². The van der Waals surface area contributed by atoms with Crippen LogP contribution >= 0.6 is 0 Å². The molecule has 0 radical (unpaired) electrons. The summed E-state index contributed by atoms with van der Waals surface area (Å²) in [7, 11) is 0. The van der Waals surface area contributed by atoms with E-state index >= 15 is 0 Å². The van der Waals surface area contributed by atoms with Crippen molar-refractivity contribution in [1.82, 2.24) is 0 Å². The largest absolute Gasteiger partial charge is 0.460 e. The van der Waals surface area contributed by atoms with E-state index in [1.165, 1.54) is 0 Å². The fourth-order valence-electron chi connectivity index (χ4n) is 0.580. The van der Waals surface area contributed by atoms with E-state index < -0.39 is 24.1 Å². The minimum absolute atomic E-state index is 0.241. The molecular weight excluding hydrogens is 272 g/mol. The molecule has 4 N–H and O–H groups in total. The van der Waals surface area contributed by atoms with Gasteiger partial charge < -0.3 is 29.9 Å². The first-order valence-electron chi connectivity index (χ1n) is 5.57. The van der Waals surface area contributed by atoms with Crippen molar-refractivity contribution in [1.29, 1.82) is 0 Å². The molecule has 20 heavy (non-hydrogen) atoms. The monoisotopic (exact) mass is 292 g/mol. The maximum atomic E-state index is 10.5. The Morgan fingerprint density at radius 1 is 0.900 bits per heavy atom. The van der Waals surface area contributed by atoms with E-state index in [0.29, 0.717) is 0 Å². The number of carbonyl (C=O) groups is 2. The topological polar surface area (TPSA) is 134 Å². The van der Waals surface area contributed by atoms with Gasteiger partial charge in [-0.3, -0.25) is 0 Å². The van der Waals surface area contributed by atoms with Crippen LogP contribution in [-0.2, 0) is 19.1 Å². The number of esters is 2. The summed E-state index contributed by atoms with van der Waals surface area (Å²) in [5.41, 5.74) is 0. The number of aliphatic hydroxyl groups is 4. The highest BCUT2D eigenvalue weighted by molar-refractivity contribution is 5.81. The predicted molar refractivity (Wildman–Crippen MR) is 68.5 cm³/mol. The van der Waals surface area contributed by atoms with Crippen LogP contribution in [0.15, 0.2) is 25.3 Å². The summed E-state index contributed by atoms with van der Waals surface area (Å²) in [5, 5.41) is 33.1. The summed E-state index contributed by atoms with van der Waals surface area (Å²) >= 11 is 0. The van der Waals surface area contributed by atoms with Crippen LogP contribution in [0.25, 0.3) is 0 Å². The van der Waals surface area contributed by atoms with Crippen LogP contribution in [0, 0.1) is 0 Å². The van der Waals surface area contributed by atoms with Crippen LogP contribution in [0.3, 0.4) is 0 Å². The number of ether oxygens (including phenoxy) is 2. The average molecular weight is 292 g/mol. The zero-order valence-electron chi connectivity index (χ0n) is 11.0. The van der Waals surface area contributed by atoms with E-state index in [2.05, 4.69) is 22.6 Å². The Kier molecular flexibility index (Phi) is 14.1. The second-order valence-electron chi connectivity index (χ2n) is 3.34. The van der Waals surface area contributed by atoms with Crippen molar-refractivity contribution < 1.29 is 39.5 Å². The van der Waals surface area contributed by atoms with Gasteiger partial charge in [0.1, 0.15) is 25.4 Å². The first kappa shape index (κ1) is 20.6. The third-order valence-electron chi connectivity index (χ3n) is 1.59. The molecule has 0 unspecified atom stereocenters. The van der Waals surface area contributed by atoms with Gasteiger partial charge in [-0.05, 0) is 0 Å². The number of rotatable bonds is 8. The van der Waals surface area contributed by atoms with Crippen LogP contribution < -0.4 is 0 Å². The van der Waals surface area contributed by atoms with Crippen molar-refractivity contribution in [3.63, 3.8) is 0 Å². The summed E-state index contributed by atoms with van der Waals surface area (Å²) in [6.45, 7) is 5.13. The Labute approximate surface area is 116 Å². The second-order valence-corrected chi connectivity index (χ2v) is 3.34. The SMILES string of the molecule is C=CC(=O)OCC(O)COC(=O)C=C.OCC(O)CO. The van der Waals surface area contributed by atoms with Crippen LogP contribution in [0.1, 0.15) is 0 Å². The van der Waals surface area contributed by atoms with E-state index in [4.69, 9.17) is 20.4 Å². The molecule has 0 atom stereocenters. The molecule has 0 fully saturated rings. The van der Waals surface area contributed by atoms with Gasteiger partial charge >= 0.3 is 11.9 Å². The first-order valence-corrected chi connectivity index (χ1v) is 5.57. The Morgan fingerprint density at radius 3 is 1.45 bits per heavy atom. The molecule has 0 aliphatic heterocycles. The first-order chi connectivity index (χ1) is 9.40. The summed E-state index contributed by atoms with van der Waals surface area (Å²) in [6.07, 6.45) is -0.0434. The quantitative estimate of drug-likeness (QED) is 0.302. The van der Waals surface area contributed by atoms with E-state index in [1.807, 2.05) is 0 Å². The van der Waals surface area contributed by atoms with E-state index in [1.54, 1.807) is 0 Å². The molecule has 8 nitrogen and oxygen atoms in total. The molecule has 8 heteroatoms. The second kappa shape index (κ2) is 13.7. The molecule has 0 aromatic rings. The summed E-state index contributed by atoms with van der Waals surface area (Å²) in [5.74, 6) is -1.28. The standard InChI is InChI=1S/C9H12O5.C3H8O3/c1-3-8(11)13-5-7(10)6-14-9(12)4-2;4-1-3(6)2-5/h3-4,7,10H,1-2,5-6H2;3-6H,1-2H2. The van der Waals surface area contributed by atoms with Gasteiger partial charge in [0.05, 0.1) is 13.2 Å². The Morgan fingerprint density at radius 2 is 1.25 bits per heavy atom. The normalized spacial score (nSPS) is 9.50. The molecule has 0 spiro atoms. The number of hydrogen-bond donors (Lipinski definition) is 4. The predicted octanol–water partition coefficient (Wildman–Crippen LogP) is -1.86. The zero-order valence-corrected chi connectivity index (χ0v) is 11.0. The lowest BCUT2D eigenvalue weighted by Crippen LogP contribution is -2.24. The van der Waals surface area contributed by atoms with Gasteiger partial charge in [-0.25, -0.2) is 9.59 Å². The maximum absolute atomic E-state index is 10.5. The van der Waals surface area contributed by atoms with E-state index in [0.717, 1.165) is 12.2 Å². The summed E-state index contributed by atoms with van der Waals surface area (Å²) < 4.78 is 8.99. The minimum atomic E-state index is -1.04. The molecule has 116 valence electrons. The lowest BCUT2D eigenvalue weighted by Gasteiger charge is -2.09. The molecule has 0 amide bonds. The molecule has 0 saturated carbocycles. The van der Waals surface area contributed by atoms with Crippen molar-refractivity contribution in [3.8, 4) is 0 Å². The molecule has 0 aliphatic rings. The van der Waals surface area contributed by atoms with Crippen LogP contribution in [0.4, 0.5) is 0 Å². The van der Waals surface area contributed by atoms with Crippen molar-refractivity contribution in [2.45, 2.75) is 12.2 Å². The zero-order chi connectivity index (χ0) is 16.0. The third-order valence-corrected chi connectivity index (χ3v) is 1.59. The Hall–Kier alpha value is -1.74. The van der Waals surface area contributed by atoms with Gasteiger partial charge in [0.25, 0.3) is 0 Å². The van der Waals surface area contributed by atoms with Crippen molar-refractivity contribution in [3.05, 3.63) is 25.3 Å². The van der Waals surface area contributed by atoms with Gasteiger partial charge in [-0.1, -0.05) is 13.2 Å². The van der Waals surface area contributed by atoms with Gasteiger partial charge in [-0.15, -0.1) is 0 Å². The minimum Gasteiger partial charge on any atom is -0.460 e. The molecule has 0 rings (SSSR count). The number of carbonyl (C=O) groups excluding carboxylic acids is 2. The maximum Gasteiger partial charge on any atom is 0.330 e. The molecule has 0 heterocycles. The van der Waals surface area contributed by atoms with Gasteiger partial charge in [0.15, 0.2) is 0 Å². The van der Waals surface area contributed by atoms with E-state index in [-0.39, 0.29) is 26.4 Å². The number of hydrogen-bond acceptors (Lipinski definition) is 8. The van der Waals surface area contributed by atoms with Gasteiger partial charge in [-0.2, -0.15) is 0 Å². The third kappa shape index (κ3) is 14.3. The molecule has 0 aromatic carbocycles.